The van der Waals surface area contributed by atoms with Gasteiger partial charge in [0, 0.05) is 0 Å². The maximum absolute atomic E-state index is 9.67. The summed E-state index contributed by atoms with van der Waals surface area (Å²) in [6, 6.07) is 0. The summed E-state index contributed by atoms with van der Waals surface area (Å²) >= 11 is 0. The monoisotopic (exact) mass is 326 g/mol. The smallest absolute Gasteiger partial charge is 0.547 e. The summed E-state index contributed by atoms with van der Waals surface area (Å²) in [6.07, 6.45) is -7.32. The average molecular weight is 326 g/mol. The van der Waals surface area contributed by atoms with E-state index in [0.29, 0.717) is 0 Å². The molecule has 0 aliphatic rings. The fraction of sp³-hybridized carbons (Fsp3) is 0.750. The molecule has 0 saturated carbocycles. The average Bonchev–Trinajstić information content (AvgIpc) is 2.35. The molecule has 0 bridgehead atoms. The minimum atomic E-state index is -2.00. The summed E-state index contributed by atoms with van der Waals surface area (Å²) in [5, 5.41) is 68.8. The van der Waals surface area contributed by atoms with Crippen molar-refractivity contribution in [2.45, 2.75) is 24.4 Å². The Kier molecular flexibility index (Phi) is 15.1. The number of aliphatic carboxylic acids is 2. The van der Waals surface area contributed by atoms with Crippen LogP contribution in [0.15, 0.2) is 0 Å². The molecule has 6 N–H and O–H groups in total. The molecule has 0 aliphatic heterocycles. The normalized spacial score (nSPS) is 15.9. The summed E-state index contributed by atoms with van der Waals surface area (Å²) in [7, 11) is 0. The molecule has 114 valence electrons. The van der Waals surface area contributed by atoms with Gasteiger partial charge in [-0.3, -0.25) is 0 Å². The van der Waals surface area contributed by atoms with Crippen LogP contribution in [0.25, 0.3) is 0 Å². The first-order valence-electron chi connectivity index (χ1n) is 4.54. The van der Waals surface area contributed by atoms with Crippen molar-refractivity contribution in [3.8, 4) is 0 Å². The van der Waals surface area contributed by atoms with Gasteiger partial charge in [-0.2, -0.15) is 0 Å². The number of carbonyl (C=O) groups is 2. The Labute approximate surface area is 118 Å². The standard InChI is InChI=1S/2C4H8O5.Fe/c2*5-1-2(6)3(7)4(8)9;/h2*2-3,5-7H,1H2,(H,8,9);/q;;+2/p-2/t2*2-,3+;/m11./s1. The molecule has 0 radical (unpaired) electrons. The van der Waals surface area contributed by atoms with Crippen molar-refractivity contribution < 1.29 is 67.5 Å². The Morgan fingerprint density at radius 2 is 1.00 bits per heavy atom. The number of rotatable bonds is 6. The molecule has 4 atom stereocenters. The second-order valence-corrected chi connectivity index (χ2v) is 3.03. The first-order chi connectivity index (χ1) is 8.18. The zero-order valence-corrected chi connectivity index (χ0v) is 10.5. The topological polar surface area (TPSA) is 202 Å². The Bertz CT molecular complexity index is 234. The van der Waals surface area contributed by atoms with Crippen LogP contribution < -0.4 is 10.2 Å². The van der Waals surface area contributed by atoms with Crippen LogP contribution in [0.5, 0.6) is 0 Å². The number of carboxylic acids is 2. The van der Waals surface area contributed by atoms with E-state index < -0.39 is 49.6 Å². The first kappa shape index (κ1) is 23.3. The molecule has 0 aliphatic carbocycles. The molecular weight excluding hydrogens is 312 g/mol. The second kappa shape index (κ2) is 12.3. The molecule has 0 fully saturated rings. The summed E-state index contributed by atoms with van der Waals surface area (Å²) < 4.78 is 0. The van der Waals surface area contributed by atoms with Crippen LogP contribution in [-0.2, 0) is 26.7 Å². The Morgan fingerprint density at radius 1 is 0.789 bits per heavy atom. The van der Waals surface area contributed by atoms with E-state index in [-0.39, 0.29) is 17.1 Å². The van der Waals surface area contributed by atoms with Gasteiger partial charge in [-0.15, -0.1) is 0 Å². The van der Waals surface area contributed by atoms with Gasteiger partial charge in [0.2, 0.25) is 0 Å². The van der Waals surface area contributed by atoms with Crippen molar-refractivity contribution in [3.63, 3.8) is 0 Å². The number of aliphatic hydroxyl groups is 6. The Balaban J connectivity index is -0.000000256. The molecule has 0 heterocycles. The molecular formula is C8H14FeO10. The van der Waals surface area contributed by atoms with Crippen LogP contribution in [0.1, 0.15) is 0 Å². The van der Waals surface area contributed by atoms with Gasteiger partial charge in [0.15, 0.2) is 0 Å². The summed E-state index contributed by atoms with van der Waals surface area (Å²) in [6.45, 7) is -1.59. The van der Waals surface area contributed by atoms with E-state index in [4.69, 9.17) is 30.6 Å². The van der Waals surface area contributed by atoms with Gasteiger partial charge < -0.3 is 50.4 Å². The molecule has 0 unspecified atom stereocenters. The third-order valence-corrected chi connectivity index (χ3v) is 1.59. The summed E-state index contributed by atoms with van der Waals surface area (Å²) in [5.74, 6) is -3.59. The van der Waals surface area contributed by atoms with Gasteiger partial charge in [-0.25, -0.2) is 0 Å². The minimum Gasteiger partial charge on any atom is -0.547 e. The van der Waals surface area contributed by atoms with E-state index in [1.165, 1.54) is 0 Å². The van der Waals surface area contributed by atoms with Gasteiger partial charge in [0.25, 0.3) is 0 Å². The van der Waals surface area contributed by atoms with Crippen molar-refractivity contribution in [2.75, 3.05) is 13.2 Å². The molecule has 0 aromatic carbocycles. The van der Waals surface area contributed by atoms with Crippen LogP contribution in [-0.4, -0.2) is 80.2 Å². The predicted molar refractivity (Wildman–Crippen MR) is 48.2 cm³/mol. The predicted octanol–water partition coefficient (Wildman–Crippen LogP) is -7.10. The van der Waals surface area contributed by atoms with E-state index in [9.17, 15) is 19.8 Å². The minimum absolute atomic E-state index is 0. The maximum atomic E-state index is 9.67. The Morgan fingerprint density at radius 3 is 1.05 bits per heavy atom. The third-order valence-electron chi connectivity index (χ3n) is 1.59. The quantitative estimate of drug-likeness (QED) is 0.254. The molecule has 0 saturated heterocycles. The second-order valence-electron chi connectivity index (χ2n) is 3.03. The van der Waals surface area contributed by atoms with Crippen molar-refractivity contribution in [1.29, 1.82) is 0 Å². The largest absolute Gasteiger partial charge is 2.00 e. The van der Waals surface area contributed by atoms with Gasteiger partial charge in [-0.1, -0.05) is 0 Å². The number of hydrogen-bond donors (Lipinski definition) is 6. The SMILES string of the molecule is O=C([O-])[C@@H](O)[C@H](O)CO.O=C([O-])[C@@H](O)[C@H](O)CO.[Fe+2]. The van der Waals surface area contributed by atoms with Crippen molar-refractivity contribution >= 4 is 11.9 Å². The van der Waals surface area contributed by atoms with E-state index in [2.05, 4.69) is 0 Å². The van der Waals surface area contributed by atoms with E-state index in [0.717, 1.165) is 0 Å². The van der Waals surface area contributed by atoms with Gasteiger partial charge in [0.05, 0.1) is 25.2 Å². The molecule has 0 aromatic rings. The summed E-state index contributed by atoms with van der Waals surface area (Å²) in [4.78, 5) is 19.3. The molecule has 19 heavy (non-hydrogen) atoms. The number of hydrogen-bond acceptors (Lipinski definition) is 10. The van der Waals surface area contributed by atoms with E-state index in [1.807, 2.05) is 0 Å². The van der Waals surface area contributed by atoms with Crippen LogP contribution in [0.4, 0.5) is 0 Å². The first-order valence-corrected chi connectivity index (χ1v) is 4.54. The van der Waals surface area contributed by atoms with Crippen LogP contribution in [0, 0.1) is 0 Å². The molecule has 0 amide bonds. The molecule has 10 nitrogen and oxygen atoms in total. The number of carbonyl (C=O) groups excluding carboxylic acids is 2. The van der Waals surface area contributed by atoms with Crippen molar-refractivity contribution in [1.82, 2.24) is 0 Å². The van der Waals surface area contributed by atoms with Crippen LogP contribution in [0.3, 0.4) is 0 Å². The summed E-state index contributed by atoms with van der Waals surface area (Å²) in [5.41, 5.74) is 0. The maximum Gasteiger partial charge on any atom is 2.00 e. The van der Waals surface area contributed by atoms with E-state index in [1.54, 1.807) is 0 Å². The fourth-order valence-electron chi connectivity index (χ4n) is 0.514. The van der Waals surface area contributed by atoms with Crippen molar-refractivity contribution in [2.24, 2.45) is 0 Å². The zero-order chi connectivity index (χ0) is 14.9. The van der Waals surface area contributed by atoms with Crippen LogP contribution >= 0.6 is 0 Å². The van der Waals surface area contributed by atoms with Gasteiger partial charge in [0.1, 0.15) is 24.4 Å². The zero-order valence-electron chi connectivity index (χ0n) is 9.39. The van der Waals surface area contributed by atoms with Crippen LogP contribution in [0.2, 0.25) is 0 Å². The fourth-order valence-corrected chi connectivity index (χ4v) is 0.514. The molecule has 0 aromatic heterocycles. The molecule has 0 spiro atoms. The van der Waals surface area contributed by atoms with Crippen molar-refractivity contribution in [3.05, 3.63) is 0 Å². The van der Waals surface area contributed by atoms with Gasteiger partial charge >= 0.3 is 17.1 Å². The Hall–Kier alpha value is -0.781. The number of carboxylic acid groups (broad SMARTS) is 2. The molecule has 11 heteroatoms. The van der Waals surface area contributed by atoms with E-state index >= 15 is 0 Å². The molecule has 0 rings (SSSR count). The number of aliphatic hydroxyl groups excluding tert-OH is 6. The van der Waals surface area contributed by atoms with Gasteiger partial charge in [-0.05, 0) is 0 Å². The third kappa shape index (κ3) is 10.8.